The summed E-state index contributed by atoms with van der Waals surface area (Å²) >= 11 is 4.88. The minimum Gasteiger partial charge on any atom is -0.0885 e. The summed E-state index contributed by atoms with van der Waals surface area (Å²) in [6.45, 7) is 0. The van der Waals surface area contributed by atoms with Gasteiger partial charge in [-0.1, -0.05) is 57.3 Å². The summed E-state index contributed by atoms with van der Waals surface area (Å²) < 4.78 is 2.61. The van der Waals surface area contributed by atoms with E-state index in [-0.39, 0.29) is 0 Å². The van der Waals surface area contributed by atoms with Crippen LogP contribution in [0.4, 0.5) is 0 Å². The van der Waals surface area contributed by atoms with Gasteiger partial charge in [0.2, 0.25) is 0 Å². The molecule has 0 aliphatic carbocycles. The maximum Gasteiger partial charge on any atom is -0.000462 e. The summed E-state index contributed by atoms with van der Waals surface area (Å²) in [4.78, 5) is 0. The maximum atomic E-state index is 2.44. The molecule has 0 atom stereocenters. The summed E-state index contributed by atoms with van der Waals surface area (Å²) in [5.41, 5.74) is 0. The molecule has 0 radical (unpaired) electrons. The van der Waals surface area contributed by atoms with Gasteiger partial charge in [-0.05, 0) is 47.4 Å². The molecular formula is C10H18I2. The number of hydrogen-bond donors (Lipinski definition) is 0. The highest BCUT2D eigenvalue weighted by Crippen LogP contribution is 2.03. The fraction of sp³-hybridized carbons (Fsp3) is 0.800. The molecule has 0 aliphatic rings. The molecule has 0 aromatic carbocycles. The third kappa shape index (κ3) is 11.2. The molecule has 0 nitrogen and oxygen atoms in total. The van der Waals surface area contributed by atoms with Gasteiger partial charge in [0.05, 0.1) is 0 Å². The molecule has 0 N–H and O–H groups in total. The molecule has 0 bridgehead atoms. The Hall–Kier alpha value is 1.20. The second-order valence-electron chi connectivity index (χ2n) is 2.84. The molecule has 0 saturated heterocycles. The SMILES string of the molecule is ICCCC/C=C/CCCCI. The van der Waals surface area contributed by atoms with Crippen LogP contribution in [0.25, 0.3) is 0 Å². The number of unbranched alkanes of at least 4 members (excludes halogenated alkanes) is 4. The van der Waals surface area contributed by atoms with Crippen LogP contribution in [-0.4, -0.2) is 8.86 Å². The smallest absolute Gasteiger partial charge is 0.000462 e. The minimum atomic E-state index is 1.28. The van der Waals surface area contributed by atoms with Crippen molar-refractivity contribution in [3.05, 3.63) is 12.2 Å². The van der Waals surface area contributed by atoms with Crippen molar-refractivity contribution in [1.29, 1.82) is 0 Å². The van der Waals surface area contributed by atoms with Gasteiger partial charge in [-0.2, -0.15) is 0 Å². The molecule has 72 valence electrons. The molecule has 0 saturated carbocycles. The van der Waals surface area contributed by atoms with Crippen LogP contribution in [0.2, 0.25) is 0 Å². The number of hydrogen-bond acceptors (Lipinski definition) is 0. The Kier molecular flexibility index (Phi) is 13.4. The van der Waals surface area contributed by atoms with Gasteiger partial charge in [0.1, 0.15) is 0 Å². The lowest BCUT2D eigenvalue weighted by atomic mass is 10.2. The molecule has 0 fully saturated rings. The molecule has 0 spiro atoms. The van der Waals surface area contributed by atoms with E-state index in [4.69, 9.17) is 0 Å². The zero-order chi connectivity index (χ0) is 9.07. The highest BCUT2D eigenvalue weighted by Gasteiger charge is 1.83. The Bertz CT molecular complexity index is 88.0. The van der Waals surface area contributed by atoms with E-state index in [1.807, 2.05) is 0 Å². The van der Waals surface area contributed by atoms with E-state index in [1.165, 1.54) is 47.4 Å². The average molecular weight is 392 g/mol. The van der Waals surface area contributed by atoms with Crippen molar-refractivity contribution in [3.63, 3.8) is 0 Å². The van der Waals surface area contributed by atoms with Crippen LogP contribution in [0, 0.1) is 0 Å². The van der Waals surface area contributed by atoms with Crippen molar-refractivity contribution in [2.75, 3.05) is 8.86 Å². The summed E-state index contributed by atoms with van der Waals surface area (Å²) in [5.74, 6) is 0. The van der Waals surface area contributed by atoms with Crippen LogP contribution in [-0.2, 0) is 0 Å². The van der Waals surface area contributed by atoms with E-state index in [0.717, 1.165) is 0 Å². The third-order valence-electron chi connectivity index (χ3n) is 1.68. The minimum absolute atomic E-state index is 1.28. The quantitative estimate of drug-likeness (QED) is 0.242. The van der Waals surface area contributed by atoms with E-state index < -0.39 is 0 Å². The van der Waals surface area contributed by atoms with Crippen molar-refractivity contribution in [1.82, 2.24) is 0 Å². The van der Waals surface area contributed by atoms with Crippen LogP contribution in [0.3, 0.4) is 0 Å². The van der Waals surface area contributed by atoms with Gasteiger partial charge in [-0.25, -0.2) is 0 Å². The fourth-order valence-corrected chi connectivity index (χ4v) is 2.03. The van der Waals surface area contributed by atoms with Crippen LogP contribution in [0.1, 0.15) is 38.5 Å². The number of halogens is 2. The van der Waals surface area contributed by atoms with Gasteiger partial charge >= 0.3 is 0 Å². The Morgan fingerprint density at radius 1 is 0.667 bits per heavy atom. The zero-order valence-electron chi connectivity index (χ0n) is 7.57. The van der Waals surface area contributed by atoms with Crippen molar-refractivity contribution in [2.45, 2.75) is 38.5 Å². The Morgan fingerprint density at radius 2 is 1.08 bits per heavy atom. The van der Waals surface area contributed by atoms with Gasteiger partial charge in [0.15, 0.2) is 0 Å². The van der Waals surface area contributed by atoms with Gasteiger partial charge < -0.3 is 0 Å². The lowest BCUT2D eigenvalue weighted by Crippen LogP contribution is -1.75. The van der Waals surface area contributed by atoms with Crippen molar-refractivity contribution in [2.24, 2.45) is 0 Å². The average Bonchev–Trinajstić information content (AvgIpc) is 2.10. The summed E-state index contributed by atoms with van der Waals surface area (Å²) in [6, 6.07) is 0. The highest BCUT2D eigenvalue weighted by atomic mass is 127. The highest BCUT2D eigenvalue weighted by molar-refractivity contribution is 14.1. The lowest BCUT2D eigenvalue weighted by Gasteiger charge is -1.92. The first-order valence-electron chi connectivity index (χ1n) is 4.68. The molecule has 0 amide bonds. The number of allylic oxidation sites excluding steroid dienone is 2. The van der Waals surface area contributed by atoms with Gasteiger partial charge in [0.25, 0.3) is 0 Å². The normalized spacial score (nSPS) is 11.2. The summed E-state index contributed by atoms with van der Waals surface area (Å²) in [5, 5.41) is 0. The van der Waals surface area contributed by atoms with Crippen LogP contribution >= 0.6 is 45.2 Å². The molecule has 0 rings (SSSR count). The second-order valence-corrected chi connectivity index (χ2v) is 5.00. The number of rotatable bonds is 8. The Balaban J connectivity index is 2.93. The molecule has 0 aromatic heterocycles. The Labute approximate surface area is 104 Å². The molecule has 0 aliphatic heterocycles. The Morgan fingerprint density at radius 3 is 1.42 bits per heavy atom. The van der Waals surface area contributed by atoms with Crippen molar-refractivity contribution in [3.8, 4) is 0 Å². The zero-order valence-corrected chi connectivity index (χ0v) is 11.9. The lowest BCUT2D eigenvalue weighted by molar-refractivity contribution is 0.807. The topological polar surface area (TPSA) is 0 Å². The summed E-state index contributed by atoms with van der Waals surface area (Å²) in [7, 11) is 0. The first-order chi connectivity index (χ1) is 5.91. The van der Waals surface area contributed by atoms with Gasteiger partial charge in [-0.3, -0.25) is 0 Å². The predicted molar refractivity (Wildman–Crippen MR) is 74.6 cm³/mol. The van der Waals surface area contributed by atoms with E-state index in [1.54, 1.807) is 0 Å². The molecule has 0 unspecified atom stereocenters. The largest absolute Gasteiger partial charge is 0.0885 e. The van der Waals surface area contributed by atoms with Crippen LogP contribution in [0.15, 0.2) is 12.2 Å². The monoisotopic (exact) mass is 392 g/mol. The summed E-state index contributed by atoms with van der Waals surface area (Å²) in [6.07, 6.45) is 12.7. The first kappa shape index (κ1) is 13.2. The van der Waals surface area contributed by atoms with Crippen molar-refractivity contribution >= 4 is 45.2 Å². The van der Waals surface area contributed by atoms with E-state index in [2.05, 4.69) is 57.3 Å². The molecule has 0 heterocycles. The van der Waals surface area contributed by atoms with Crippen LogP contribution in [0.5, 0.6) is 0 Å². The first-order valence-corrected chi connectivity index (χ1v) is 7.74. The molecule has 12 heavy (non-hydrogen) atoms. The predicted octanol–water partition coefficient (Wildman–Crippen LogP) is 4.75. The van der Waals surface area contributed by atoms with Gasteiger partial charge in [-0.15, -0.1) is 0 Å². The molecule has 0 aromatic rings. The number of alkyl halides is 2. The third-order valence-corrected chi connectivity index (χ3v) is 3.20. The van der Waals surface area contributed by atoms with E-state index >= 15 is 0 Å². The second kappa shape index (κ2) is 12.2. The van der Waals surface area contributed by atoms with Gasteiger partial charge in [0, 0.05) is 0 Å². The molecular weight excluding hydrogens is 374 g/mol. The fourth-order valence-electron chi connectivity index (χ4n) is 0.949. The maximum absolute atomic E-state index is 2.44. The van der Waals surface area contributed by atoms with Crippen molar-refractivity contribution < 1.29 is 0 Å². The van der Waals surface area contributed by atoms with E-state index in [0.29, 0.717) is 0 Å². The van der Waals surface area contributed by atoms with E-state index in [9.17, 15) is 0 Å². The van der Waals surface area contributed by atoms with Crippen LogP contribution < -0.4 is 0 Å². The standard InChI is InChI=1S/C10H18I2/c11-9-7-5-3-1-2-4-6-8-10-12/h1-2H,3-10H2/b2-1+. The molecule has 2 heteroatoms.